The van der Waals surface area contributed by atoms with Crippen molar-refractivity contribution in [1.82, 2.24) is 0 Å². The lowest BCUT2D eigenvalue weighted by molar-refractivity contribution is 0.407. The van der Waals surface area contributed by atoms with Crippen LogP contribution in [-0.2, 0) is 0 Å². The average Bonchev–Trinajstić information content (AvgIpc) is 2.72. The molecule has 0 fully saturated rings. The number of hydrogen-bond acceptors (Lipinski definition) is 2. The lowest BCUT2D eigenvalue weighted by atomic mass is 10.0. The van der Waals surface area contributed by atoms with E-state index in [1.807, 2.05) is 42.5 Å². The molecular weight excluding hydrogens is 224 g/mol. The van der Waals surface area contributed by atoms with Crippen LogP contribution >= 0.6 is 0 Å². The van der Waals surface area contributed by atoms with Gasteiger partial charge in [-0.1, -0.05) is 42.5 Å². The van der Waals surface area contributed by atoms with Crippen LogP contribution in [0.5, 0.6) is 11.5 Å². The van der Waals surface area contributed by atoms with Gasteiger partial charge in [-0.25, -0.2) is 0 Å². The summed E-state index contributed by atoms with van der Waals surface area (Å²) < 4.78 is 0. The molecule has 0 amide bonds. The van der Waals surface area contributed by atoms with Gasteiger partial charge in [0.2, 0.25) is 0 Å². The molecule has 0 saturated carbocycles. The van der Waals surface area contributed by atoms with Gasteiger partial charge < -0.3 is 10.2 Å². The molecule has 3 aromatic carbocycles. The molecule has 0 saturated heterocycles. The fourth-order valence-electron chi connectivity index (χ4n) is 2.75. The van der Waals surface area contributed by atoms with Crippen LogP contribution in [0.1, 0.15) is 0 Å². The van der Waals surface area contributed by atoms with Crippen molar-refractivity contribution in [3.63, 3.8) is 0 Å². The standard InChI is InChI=1S/C16H9O2/c17-14-8-13-10-5-2-1-4-9(10)11-6-3-7-12(15(11)13)16(14)18/h1-7,17-18H. The summed E-state index contributed by atoms with van der Waals surface area (Å²) in [6.45, 7) is 0. The highest BCUT2D eigenvalue weighted by atomic mass is 16.3. The third-order valence-corrected chi connectivity index (χ3v) is 3.52. The molecule has 18 heavy (non-hydrogen) atoms. The highest BCUT2D eigenvalue weighted by Crippen LogP contribution is 2.51. The van der Waals surface area contributed by atoms with Crippen molar-refractivity contribution in [2.75, 3.05) is 0 Å². The Bertz CT molecular complexity index is 804. The van der Waals surface area contributed by atoms with Gasteiger partial charge >= 0.3 is 0 Å². The van der Waals surface area contributed by atoms with Gasteiger partial charge in [-0.05, 0) is 16.7 Å². The number of rotatable bonds is 0. The molecule has 0 unspecified atom stereocenters. The van der Waals surface area contributed by atoms with Gasteiger partial charge in [0.1, 0.15) is 0 Å². The Morgan fingerprint density at radius 1 is 0.778 bits per heavy atom. The molecule has 0 heterocycles. The molecule has 2 N–H and O–H groups in total. The number of phenolic OH excluding ortho intramolecular Hbond substituents is 2. The quantitative estimate of drug-likeness (QED) is 0.455. The maximum Gasteiger partial charge on any atom is 0.166 e. The van der Waals surface area contributed by atoms with Crippen LogP contribution < -0.4 is 0 Å². The van der Waals surface area contributed by atoms with Crippen molar-refractivity contribution < 1.29 is 10.2 Å². The summed E-state index contributed by atoms with van der Waals surface area (Å²) >= 11 is 0. The highest BCUT2D eigenvalue weighted by Gasteiger charge is 2.23. The van der Waals surface area contributed by atoms with E-state index >= 15 is 0 Å². The zero-order valence-electron chi connectivity index (χ0n) is 9.44. The molecule has 1 radical (unpaired) electrons. The number of fused-ring (bicyclic) bond motifs is 3. The van der Waals surface area contributed by atoms with Crippen LogP contribution in [0.2, 0.25) is 0 Å². The van der Waals surface area contributed by atoms with E-state index in [-0.39, 0.29) is 11.5 Å². The number of phenols is 2. The summed E-state index contributed by atoms with van der Waals surface area (Å²) in [6.07, 6.45) is 0. The summed E-state index contributed by atoms with van der Waals surface area (Å²) in [7, 11) is 0. The minimum atomic E-state index is -0.189. The fraction of sp³-hybridized carbons (Fsp3) is 0. The van der Waals surface area contributed by atoms with Gasteiger partial charge in [-0.15, -0.1) is 0 Å². The Morgan fingerprint density at radius 3 is 2.33 bits per heavy atom. The second kappa shape index (κ2) is 3.05. The first kappa shape index (κ1) is 9.54. The predicted molar refractivity (Wildman–Crippen MR) is 70.5 cm³/mol. The minimum absolute atomic E-state index is 0.0941. The van der Waals surface area contributed by atoms with Gasteiger partial charge in [0.25, 0.3) is 0 Å². The molecule has 3 aromatic rings. The van der Waals surface area contributed by atoms with Gasteiger partial charge in [0.05, 0.1) is 0 Å². The Balaban J connectivity index is 2.31. The van der Waals surface area contributed by atoms with Crippen LogP contribution in [0.15, 0.2) is 42.5 Å². The lowest BCUT2D eigenvalue weighted by Crippen LogP contribution is -1.79. The van der Waals surface area contributed by atoms with Gasteiger partial charge in [-0.3, -0.25) is 0 Å². The number of benzene rings is 3. The molecule has 1 aliphatic carbocycles. The van der Waals surface area contributed by atoms with Crippen LogP contribution in [0.3, 0.4) is 0 Å². The zero-order valence-corrected chi connectivity index (χ0v) is 9.44. The van der Waals surface area contributed by atoms with Crippen molar-refractivity contribution in [3.05, 3.63) is 48.5 Å². The van der Waals surface area contributed by atoms with Crippen molar-refractivity contribution in [3.8, 4) is 33.8 Å². The third-order valence-electron chi connectivity index (χ3n) is 3.52. The predicted octanol–water partition coefficient (Wildman–Crippen LogP) is 3.70. The smallest absolute Gasteiger partial charge is 0.166 e. The summed E-state index contributed by atoms with van der Waals surface area (Å²) in [4.78, 5) is 0. The average molecular weight is 233 g/mol. The van der Waals surface area contributed by atoms with Crippen molar-refractivity contribution >= 4 is 10.8 Å². The van der Waals surface area contributed by atoms with E-state index in [4.69, 9.17) is 0 Å². The first-order valence-corrected chi connectivity index (χ1v) is 5.77. The Kier molecular flexibility index (Phi) is 1.61. The van der Waals surface area contributed by atoms with E-state index in [0.717, 1.165) is 27.6 Å². The molecule has 0 atom stereocenters. The molecule has 2 heteroatoms. The second-order valence-electron chi connectivity index (χ2n) is 4.47. The molecule has 1 aliphatic rings. The normalized spacial score (nSPS) is 11.8. The van der Waals surface area contributed by atoms with E-state index in [9.17, 15) is 10.2 Å². The SMILES string of the molecule is Oc1[c]c2c3c(cccc3c1O)-c1ccccc1-2. The van der Waals surface area contributed by atoms with Crippen molar-refractivity contribution in [2.45, 2.75) is 0 Å². The Labute approximate surface area is 104 Å². The van der Waals surface area contributed by atoms with Crippen molar-refractivity contribution in [2.24, 2.45) is 0 Å². The van der Waals surface area contributed by atoms with E-state index in [1.165, 1.54) is 0 Å². The van der Waals surface area contributed by atoms with Gasteiger partial charge in [0, 0.05) is 22.4 Å². The maximum atomic E-state index is 9.93. The molecule has 0 aromatic heterocycles. The number of aromatic hydroxyl groups is 2. The van der Waals surface area contributed by atoms with Crippen LogP contribution in [-0.4, -0.2) is 10.2 Å². The fourth-order valence-corrected chi connectivity index (χ4v) is 2.75. The summed E-state index contributed by atoms with van der Waals surface area (Å²) in [5.74, 6) is -0.283. The Morgan fingerprint density at radius 2 is 1.50 bits per heavy atom. The number of hydrogen-bond donors (Lipinski definition) is 2. The molecule has 2 nitrogen and oxygen atoms in total. The minimum Gasteiger partial charge on any atom is -0.504 e. The van der Waals surface area contributed by atoms with Crippen LogP contribution in [0.25, 0.3) is 33.0 Å². The van der Waals surface area contributed by atoms with E-state index in [0.29, 0.717) is 5.39 Å². The van der Waals surface area contributed by atoms with Crippen molar-refractivity contribution in [1.29, 1.82) is 0 Å². The Hall–Kier alpha value is -2.48. The van der Waals surface area contributed by atoms with Gasteiger partial charge in [0.15, 0.2) is 11.5 Å². The molecule has 4 rings (SSSR count). The van der Waals surface area contributed by atoms with E-state index < -0.39 is 0 Å². The first-order valence-electron chi connectivity index (χ1n) is 5.77. The van der Waals surface area contributed by atoms with E-state index in [1.54, 1.807) is 0 Å². The largest absolute Gasteiger partial charge is 0.504 e. The van der Waals surface area contributed by atoms with Crippen LogP contribution in [0, 0.1) is 6.07 Å². The van der Waals surface area contributed by atoms with Gasteiger partial charge in [-0.2, -0.15) is 0 Å². The summed E-state index contributed by atoms with van der Waals surface area (Å²) in [5, 5.41) is 21.3. The monoisotopic (exact) mass is 233 g/mol. The third kappa shape index (κ3) is 0.979. The summed E-state index contributed by atoms with van der Waals surface area (Å²) in [6, 6.07) is 16.6. The van der Waals surface area contributed by atoms with E-state index in [2.05, 4.69) is 6.07 Å². The van der Waals surface area contributed by atoms with Crippen LogP contribution in [0.4, 0.5) is 0 Å². The molecule has 0 bridgehead atoms. The molecular formula is C16H9O2. The topological polar surface area (TPSA) is 40.5 Å². The summed E-state index contributed by atoms with van der Waals surface area (Å²) in [5.41, 5.74) is 4.13. The molecule has 0 spiro atoms. The highest BCUT2D eigenvalue weighted by molar-refractivity contribution is 6.17. The zero-order chi connectivity index (χ0) is 12.3. The second-order valence-corrected chi connectivity index (χ2v) is 4.47. The first-order chi connectivity index (χ1) is 8.77. The molecule has 0 aliphatic heterocycles. The molecule has 85 valence electrons. The lowest BCUT2D eigenvalue weighted by Gasteiger charge is -2.05. The maximum absolute atomic E-state index is 9.93.